The second-order valence-electron chi connectivity index (χ2n) is 5.82. The number of hydrogen-bond donors (Lipinski definition) is 0. The van der Waals surface area contributed by atoms with E-state index in [4.69, 9.17) is 18.6 Å². The van der Waals surface area contributed by atoms with E-state index < -0.39 is 11.6 Å². The van der Waals surface area contributed by atoms with Crippen LogP contribution in [-0.2, 0) is 4.74 Å². The number of benzene rings is 1. The van der Waals surface area contributed by atoms with Gasteiger partial charge in [-0.25, -0.2) is 9.59 Å². The minimum atomic E-state index is -0.765. The summed E-state index contributed by atoms with van der Waals surface area (Å²) >= 11 is 0. The van der Waals surface area contributed by atoms with Crippen molar-refractivity contribution in [1.82, 2.24) is 0 Å². The SMILES string of the molecule is [CH2]COC(=O)c1cc2c(OCCCC)cc(OCCCC)cc2oc1=O. The molecule has 0 aliphatic rings. The molecule has 0 spiro atoms. The molecule has 0 unspecified atom stereocenters. The zero-order chi connectivity index (χ0) is 18.9. The maximum absolute atomic E-state index is 12.1. The average Bonchev–Trinajstić information content (AvgIpc) is 2.61. The molecule has 26 heavy (non-hydrogen) atoms. The van der Waals surface area contributed by atoms with Gasteiger partial charge in [-0.1, -0.05) is 26.7 Å². The van der Waals surface area contributed by atoms with Gasteiger partial charge in [0.2, 0.25) is 0 Å². The van der Waals surface area contributed by atoms with Crippen molar-refractivity contribution in [3.8, 4) is 11.5 Å². The second-order valence-corrected chi connectivity index (χ2v) is 5.82. The molecule has 1 aromatic heterocycles. The van der Waals surface area contributed by atoms with Crippen LogP contribution in [0.5, 0.6) is 11.5 Å². The molecule has 0 bridgehead atoms. The molecule has 0 aliphatic carbocycles. The van der Waals surface area contributed by atoms with Crippen molar-refractivity contribution in [2.24, 2.45) is 0 Å². The number of rotatable bonds is 10. The topological polar surface area (TPSA) is 75.0 Å². The normalized spacial score (nSPS) is 10.7. The Morgan fingerprint density at radius 1 is 1.08 bits per heavy atom. The number of carbonyl (C=O) groups excluding carboxylic acids is 1. The molecule has 6 nitrogen and oxygen atoms in total. The standard InChI is InChI=1S/C20H25O6/c1-4-7-9-24-14-11-17(25-10-8-5-2)15-13-16(19(21)23-6-3)20(22)26-18(15)12-14/h11-13H,3-10H2,1-2H3. The maximum Gasteiger partial charge on any atom is 0.351 e. The Labute approximate surface area is 153 Å². The van der Waals surface area contributed by atoms with Gasteiger partial charge in [0.1, 0.15) is 22.6 Å². The van der Waals surface area contributed by atoms with Crippen molar-refractivity contribution in [3.63, 3.8) is 0 Å². The van der Waals surface area contributed by atoms with Crippen LogP contribution in [0.1, 0.15) is 49.9 Å². The third-order valence-corrected chi connectivity index (χ3v) is 3.76. The predicted octanol–water partition coefficient (Wildman–Crippen LogP) is 4.14. The highest BCUT2D eigenvalue weighted by atomic mass is 16.5. The number of carbonyl (C=O) groups is 1. The van der Waals surface area contributed by atoms with Crippen LogP contribution in [0.2, 0.25) is 0 Å². The molecule has 2 aromatic rings. The molecule has 1 heterocycles. The largest absolute Gasteiger partial charge is 0.493 e. The Hall–Kier alpha value is -2.50. The summed E-state index contributed by atoms with van der Waals surface area (Å²) in [5.41, 5.74) is -0.635. The summed E-state index contributed by atoms with van der Waals surface area (Å²) in [4.78, 5) is 24.1. The van der Waals surface area contributed by atoms with Crippen molar-refractivity contribution in [2.75, 3.05) is 19.8 Å². The summed E-state index contributed by atoms with van der Waals surface area (Å²) in [6.45, 7) is 8.60. The Morgan fingerprint density at radius 3 is 2.42 bits per heavy atom. The van der Waals surface area contributed by atoms with E-state index in [1.165, 1.54) is 6.07 Å². The molecular weight excluding hydrogens is 336 g/mol. The molecule has 0 amide bonds. The zero-order valence-corrected chi connectivity index (χ0v) is 15.3. The molecule has 141 valence electrons. The van der Waals surface area contributed by atoms with E-state index in [0.29, 0.717) is 35.7 Å². The Bertz CT molecular complexity index is 793. The van der Waals surface area contributed by atoms with E-state index in [0.717, 1.165) is 25.7 Å². The molecule has 0 aliphatic heterocycles. The van der Waals surface area contributed by atoms with Crippen LogP contribution in [-0.4, -0.2) is 25.8 Å². The zero-order valence-electron chi connectivity index (χ0n) is 15.3. The van der Waals surface area contributed by atoms with E-state index in [-0.39, 0.29) is 12.2 Å². The highest BCUT2D eigenvalue weighted by Crippen LogP contribution is 2.31. The fourth-order valence-electron chi connectivity index (χ4n) is 2.34. The van der Waals surface area contributed by atoms with Crippen LogP contribution in [0.25, 0.3) is 11.0 Å². The van der Waals surface area contributed by atoms with Gasteiger partial charge in [0.05, 0.1) is 25.2 Å². The van der Waals surface area contributed by atoms with Crippen molar-refractivity contribution in [1.29, 1.82) is 0 Å². The molecule has 0 atom stereocenters. The molecule has 6 heteroatoms. The number of fused-ring (bicyclic) bond motifs is 1. The summed E-state index contributed by atoms with van der Waals surface area (Å²) in [6.07, 6.45) is 3.81. The third-order valence-electron chi connectivity index (χ3n) is 3.76. The van der Waals surface area contributed by atoms with Crippen molar-refractivity contribution >= 4 is 16.9 Å². The van der Waals surface area contributed by atoms with Crippen LogP contribution in [0.3, 0.4) is 0 Å². The smallest absolute Gasteiger partial charge is 0.351 e. The molecule has 0 fully saturated rings. The van der Waals surface area contributed by atoms with Gasteiger partial charge in [-0.15, -0.1) is 0 Å². The minimum Gasteiger partial charge on any atom is -0.493 e. The van der Waals surface area contributed by atoms with E-state index in [1.807, 2.05) is 0 Å². The Morgan fingerprint density at radius 2 is 1.77 bits per heavy atom. The summed E-state index contributed by atoms with van der Waals surface area (Å²) in [5, 5.41) is 0.527. The molecule has 1 aromatic carbocycles. The van der Waals surface area contributed by atoms with Crippen molar-refractivity contribution < 1.29 is 23.4 Å². The van der Waals surface area contributed by atoms with Gasteiger partial charge < -0.3 is 18.6 Å². The van der Waals surface area contributed by atoms with Crippen LogP contribution in [0, 0.1) is 6.92 Å². The van der Waals surface area contributed by atoms with Crippen molar-refractivity contribution in [2.45, 2.75) is 39.5 Å². The van der Waals surface area contributed by atoms with E-state index in [9.17, 15) is 9.59 Å². The van der Waals surface area contributed by atoms with Crippen LogP contribution in [0.4, 0.5) is 0 Å². The van der Waals surface area contributed by atoms with E-state index in [2.05, 4.69) is 20.8 Å². The van der Waals surface area contributed by atoms with Gasteiger partial charge in [0.15, 0.2) is 0 Å². The van der Waals surface area contributed by atoms with Gasteiger partial charge >= 0.3 is 11.6 Å². The van der Waals surface area contributed by atoms with Crippen LogP contribution >= 0.6 is 0 Å². The first-order valence-electron chi connectivity index (χ1n) is 8.94. The lowest BCUT2D eigenvalue weighted by molar-refractivity contribution is 0.0543. The van der Waals surface area contributed by atoms with E-state index in [1.54, 1.807) is 12.1 Å². The first kappa shape index (κ1) is 19.8. The van der Waals surface area contributed by atoms with Gasteiger partial charge in [-0.3, -0.25) is 0 Å². The summed E-state index contributed by atoms with van der Waals surface area (Å²) in [6, 6.07) is 4.83. The molecule has 2 rings (SSSR count). The van der Waals surface area contributed by atoms with Gasteiger partial charge in [0.25, 0.3) is 0 Å². The monoisotopic (exact) mass is 361 g/mol. The molecule has 1 radical (unpaired) electrons. The highest BCUT2D eigenvalue weighted by Gasteiger charge is 2.18. The summed E-state index contributed by atoms with van der Waals surface area (Å²) in [7, 11) is 0. The molecular formula is C20H25O6. The predicted molar refractivity (Wildman–Crippen MR) is 98.9 cm³/mol. The van der Waals surface area contributed by atoms with E-state index >= 15 is 0 Å². The summed E-state index contributed by atoms with van der Waals surface area (Å²) < 4.78 is 21.7. The van der Waals surface area contributed by atoms with Gasteiger partial charge in [-0.2, -0.15) is 0 Å². The number of ether oxygens (including phenoxy) is 3. The fourth-order valence-corrected chi connectivity index (χ4v) is 2.34. The van der Waals surface area contributed by atoms with Gasteiger partial charge in [0, 0.05) is 12.1 Å². The Balaban J connectivity index is 2.46. The second kappa shape index (κ2) is 9.85. The number of hydrogen-bond acceptors (Lipinski definition) is 6. The number of unbranched alkanes of at least 4 members (excludes halogenated alkanes) is 2. The lowest BCUT2D eigenvalue weighted by Crippen LogP contribution is -2.16. The lowest BCUT2D eigenvalue weighted by atomic mass is 10.1. The number of esters is 1. The molecule has 0 N–H and O–H groups in total. The third kappa shape index (κ3) is 5.00. The quantitative estimate of drug-likeness (QED) is 0.360. The molecule has 0 saturated carbocycles. The van der Waals surface area contributed by atoms with Crippen LogP contribution in [0.15, 0.2) is 27.4 Å². The van der Waals surface area contributed by atoms with Gasteiger partial charge in [-0.05, 0) is 25.8 Å². The van der Waals surface area contributed by atoms with Crippen molar-refractivity contribution in [3.05, 3.63) is 41.1 Å². The highest BCUT2D eigenvalue weighted by molar-refractivity contribution is 5.95. The first-order chi connectivity index (χ1) is 12.6. The molecule has 0 saturated heterocycles. The lowest BCUT2D eigenvalue weighted by Gasteiger charge is -2.12. The minimum absolute atomic E-state index is 0.0691. The summed E-state index contributed by atoms with van der Waals surface area (Å²) in [5.74, 6) is 0.307. The Kier molecular flexibility index (Phi) is 7.51. The maximum atomic E-state index is 12.1. The fraction of sp³-hybridized carbons (Fsp3) is 0.450. The van der Waals surface area contributed by atoms with Crippen LogP contribution < -0.4 is 15.1 Å². The first-order valence-corrected chi connectivity index (χ1v) is 8.94. The average molecular weight is 361 g/mol.